The van der Waals surface area contributed by atoms with Crippen LogP contribution in [0.1, 0.15) is 30.1 Å². The second-order valence-electron chi connectivity index (χ2n) is 5.27. The lowest BCUT2D eigenvalue weighted by molar-refractivity contribution is 0.0943. The highest BCUT2D eigenvalue weighted by Gasteiger charge is 2.13. The molecular weight excluding hydrogens is 304 g/mol. The third kappa shape index (κ3) is 4.35. The van der Waals surface area contributed by atoms with E-state index in [0.717, 1.165) is 18.6 Å². The zero-order valence-corrected chi connectivity index (χ0v) is 12.8. The molecule has 1 atom stereocenters. The maximum absolute atomic E-state index is 13.7. The number of hydrogen-bond acceptors (Lipinski definition) is 3. The Labute approximate surface area is 132 Å². The molecule has 1 aromatic heterocycles. The predicted octanol–water partition coefficient (Wildman–Crippen LogP) is 2.29. The normalized spacial score (nSPS) is 12.2. The highest BCUT2D eigenvalue weighted by Crippen LogP contribution is 2.15. The summed E-state index contributed by atoms with van der Waals surface area (Å²) in [7, 11) is 0. The SMILES string of the molecule is CCC(CCO)CNC(=O)c1cnn(-c2ccc(F)cc2F)c1. The maximum atomic E-state index is 13.7. The van der Waals surface area contributed by atoms with Crippen molar-refractivity contribution in [3.05, 3.63) is 47.8 Å². The second kappa shape index (κ2) is 7.82. The molecule has 1 heterocycles. The molecule has 0 aliphatic rings. The van der Waals surface area contributed by atoms with E-state index in [-0.39, 0.29) is 29.7 Å². The van der Waals surface area contributed by atoms with Crippen molar-refractivity contribution in [1.29, 1.82) is 0 Å². The number of rotatable bonds is 7. The minimum absolute atomic E-state index is 0.0668. The van der Waals surface area contributed by atoms with Gasteiger partial charge in [-0.2, -0.15) is 5.10 Å². The van der Waals surface area contributed by atoms with Gasteiger partial charge in [-0.05, 0) is 24.5 Å². The Kier molecular flexibility index (Phi) is 5.81. The molecule has 0 saturated heterocycles. The summed E-state index contributed by atoms with van der Waals surface area (Å²) in [6.45, 7) is 2.52. The van der Waals surface area contributed by atoms with Gasteiger partial charge in [0, 0.05) is 25.4 Å². The van der Waals surface area contributed by atoms with E-state index in [4.69, 9.17) is 5.11 Å². The molecule has 2 rings (SSSR count). The van der Waals surface area contributed by atoms with Gasteiger partial charge in [-0.1, -0.05) is 13.3 Å². The number of carbonyl (C=O) groups excluding carboxylic acids is 1. The number of halogens is 2. The number of hydrogen-bond donors (Lipinski definition) is 2. The summed E-state index contributed by atoms with van der Waals surface area (Å²) >= 11 is 0. The van der Waals surface area contributed by atoms with Crippen LogP contribution < -0.4 is 5.32 Å². The van der Waals surface area contributed by atoms with Crippen LogP contribution in [0.4, 0.5) is 8.78 Å². The van der Waals surface area contributed by atoms with Crippen LogP contribution in [-0.4, -0.2) is 33.9 Å². The Balaban J connectivity index is 2.05. The molecule has 2 aromatic rings. The Hall–Kier alpha value is -2.28. The first-order valence-corrected chi connectivity index (χ1v) is 7.44. The fourth-order valence-electron chi connectivity index (χ4n) is 2.21. The molecule has 124 valence electrons. The molecule has 0 radical (unpaired) electrons. The summed E-state index contributed by atoms with van der Waals surface area (Å²) in [4.78, 5) is 12.1. The molecule has 7 heteroatoms. The van der Waals surface area contributed by atoms with E-state index in [0.29, 0.717) is 13.0 Å². The molecule has 0 fully saturated rings. The van der Waals surface area contributed by atoms with Gasteiger partial charge in [0.1, 0.15) is 11.5 Å². The number of nitrogens with zero attached hydrogens (tertiary/aromatic N) is 2. The van der Waals surface area contributed by atoms with E-state index < -0.39 is 11.6 Å². The zero-order valence-electron chi connectivity index (χ0n) is 12.8. The van der Waals surface area contributed by atoms with E-state index in [9.17, 15) is 13.6 Å². The summed E-state index contributed by atoms with van der Waals surface area (Å²) in [5.74, 6) is -1.55. The van der Waals surface area contributed by atoms with Gasteiger partial charge in [0.05, 0.1) is 11.8 Å². The topological polar surface area (TPSA) is 67.2 Å². The molecule has 2 N–H and O–H groups in total. The van der Waals surface area contributed by atoms with Crippen LogP contribution in [0, 0.1) is 17.6 Å². The smallest absolute Gasteiger partial charge is 0.254 e. The van der Waals surface area contributed by atoms with Crippen molar-refractivity contribution in [1.82, 2.24) is 15.1 Å². The number of aliphatic hydroxyl groups is 1. The summed E-state index contributed by atoms with van der Waals surface area (Å²) < 4.78 is 27.8. The monoisotopic (exact) mass is 323 g/mol. The van der Waals surface area contributed by atoms with Crippen LogP contribution in [0.3, 0.4) is 0 Å². The van der Waals surface area contributed by atoms with Crippen molar-refractivity contribution in [2.24, 2.45) is 5.92 Å². The highest BCUT2D eigenvalue weighted by molar-refractivity contribution is 5.93. The van der Waals surface area contributed by atoms with Crippen molar-refractivity contribution in [3.63, 3.8) is 0 Å². The average molecular weight is 323 g/mol. The molecule has 1 amide bonds. The lowest BCUT2D eigenvalue weighted by Crippen LogP contribution is -2.29. The second-order valence-corrected chi connectivity index (χ2v) is 5.27. The summed E-state index contributed by atoms with van der Waals surface area (Å²) in [5.41, 5.74) is 0.352. The summed E-state index contributed by atoms with van der Waals surface area (Å²) in [6, 6.07) is 3.14. The van der Waals surface area contributed by atoms with Crippen molar-refractivity contribution in [2.45, 2.75) is 19.8 Å². The maximum Gasteiger partial charge on any atom is 0.254 e. The zero-order chi connectivity index (χ0) is 16.8. The number of nitrogens with one attached hydrogen (secondary N) is 1. The van der Waals surface area contributed by atoms with E-state index in [1.54, 1.807) is 0 Å². The molecule has 0 aliphatic carbocycles. The van der Waals surface area contributed by atoms with Crippen molar-refractivity contribution in [2.75, 3.05) is 13.2 Å². The number of carbonyl (C=O) groups is 1. The van der Waals surface area contributed by atoms with E-state index in [1.165, 1.54) is 23.1 Å². The molecule has 0 saturated carbocycles. The number of aromatic nitrogens is 2. The van der Waals surface area contributed by atoms with Gasteiger partial charge in [0.15, 0.2) is 5.82 Å². The molecule has 0 aliphatic heterocycles. The highest BCUT2D eigenvalue weighted by atomic mass is 19.1. The largest absolute Gasteiger partial charge is 0.396 e. The summed E-state index contributed by atoms with van der Waals surface area (Å²) in [5, 5.41) is 15.6. The lowest BCUT2D eigenvalue weighted by Gasteiger charge is -2.13. The van der Waals surface area contributed by atoms with Gasteiger partial charge >= 0.3 is 0 Å². The first-order valence-electron chi connectivity index (χ1n) is 7.44. The van der Waals surface area contributed by atoms with Gasteiger partial charge in [0.2, 0.25) is 0 Å². The average Bonchev–Trinajstić information content (AvgIpc) is 3.00. The molecule has 0 spiro atoms. The Morgan fingerprint density at radius 3 is 2.87 bits per heavy atom. The van der Waals surface area contributed by atoms with Crippen LogP contribution in [0.5, 0.6) is 0 Å². The van der Waals surface area contributed by atoms with Crippen LogP contribution in [-0.2, 0) is 0 Å². The van der Waals surface area contributed by atoms with E-state index in [2.05, 4.69) is 10.4 Å². The molecule has 1 aromatic carbocycles. The predicted molar refractivity (Wildman–Crippen MR) is 81.3 cm³/mol. The molecular formula is C16H19F2N3O2. The molecule has 23 heavy (non-hydrogen) atoms. The Morgan fingerprint density at radius 1 is 1.43 bits per heavy atom. The molecule has 5 nitrogen and oxygen atoms in total. The van der Waals surface area contributed by atoms with Crippen molar-refractivity contribution < 1.29 is 18.7 Å². The van der Waals surface area contributed by atoms with Crippen LogP contribution in [0.15, 0.2) is 30.6 Å². The Bertz CT molecular complexity index is 673. The van der Waals surface area contributed by atoms with Crippen molar-refractivity contribution in [3.8, 4) is 5.69 Å². The standard InChI is InChI=1S/C16H19F2N3O2/c1-2-11(5-6-22)8-19-16(23)12-9-20-21(10-12)15-4-3-13(17)7-14(15)18/h3-4,7,9-11,22H,2,5-6,8H2,1H3,(H,19,23). The number of benzene rings is 1. The van der Waals surface area contributed by atoms with Crippen LogP contribution >= 0.6 is 0 Å². The third-order valence-corrected chi connectivity index (χ3v) is 3.67. The van der Waals surface area contributed by atoms with Crippen LogP contribution in [0.2, 0.25) is 0 Å². The fraction of sp³-hybridized carbons (Fsp3) is 0.375. The number of amides is 1. The van der Waals surface area contributed by atoms with Gasteiger partial charge in [0.25, 0.3) is 5.91 Å². The lowest BCUT2D eigenvalue weighted by atomic mass is 10.0. The quantitative estimate of drug-likeness (QED) is 0.821. The van der Waals surface area contributed by atoms with Gasteiger partial charge in [-0.25, -0.2) is 13.5 Å². The Morgan fingerprint density at radius 2 is 2.22 bits per heavy atom. The minimum atomic E-state index is -0.756. The van der Waals surface area contributed by atoms with Gasteiger partial charge in [-0.15, -0.1) is 0 Å². The summed E-state index contributed by atoms with van der Waals surface area (Å²) in [6.07, 6.45) is 4.18. The van der Waals surface area contributed by atoms with E-state index >= 15 is 0 Å². The molecule has 1 unspecified atom stereocenters. The fourth-order valence-corrected chi connectivity index (χ4v) is 2.21. The number of aliphatic hydroxyl groups excluding tert-OH is 1. The molecule has 0 bridgehead atoms. The first-order chi connectivity index (χ1) is 11.0. The first kappa shape index (κ1) is 17.1. The van der Waals surface area contributed by atoms with Gasteiger partial charge < -0.3 is 10.4 Å². The van der Waals surface area contributed by atoms with Crippen molar-refractivity contribution >= 4 is 5.91 Å². The van der Waals surface area contributed by atoms with Crippen LogP contribution in [0.25, 0.3) is 5.69 Å². The third-order valence-electron chi connectivity index (χ3n) is 3.67. The van der Waals surface area contributed by atoms with Gasteiger partial charge in [-0.3, -0.25) is 4.79 Å². The van der Waals surface area contributed by atoms with E-state index in [1.807, 2.05) is 6.92 Å². The minimum Gasteiger partial charge on any atom is -0.396 e.